The van der Waals surface area contributed by atoms with Crippen LogP contribution >= 0.6 is 0 Å². The van der Waals surface area contributed by atoms with Gasteiger partial charge in [0, 0.05) is 17.3 Å². The smallest absolute Gasteiger partial charge is 0.153 e. The second kappa shape index (κ2) is 3.13. The van der Waals surface area contributed by atoms with Crippen molar-refractivity contribution in [2.24, 2.45) is 0 Å². The first kappa shape index (κ1) is 9.03. The van der Waals surface area contributed by atoms with Gasteiger partial charge in [-0.3, -0.25) is 5.10 Å². The van der Waals surface area contributed by atoms with Gasteiger partial charge in [-0.25, -0.2) is 9.50 Å². The number of aromatic nitrogens is 3. The number of imidazole rings is 1. The summed E-state index contributed by atoms with van der Waals surface area (Å²) >= 11 is 0. The van der Waals surface area contributed by atoms with Crippen LogP contribution in [0.4, 0.5) is 0 Å². The summed E-state index contributed by atoms with van der Waals surface area (Å²) < 4.78 is 1.89. The van der Waals surface area contributed by atoms with E-state index >= 15 is 0 Å². The van der Waals surface area contributed by atoms with Gasteiger partial charge in [0.1, 0.15) is 5.75 Å². The number of hydrogen-bond donors (Lipinski definition) is 2. The first-order valence-electron chi connectivity index (χ1n) is 5.06. The molecule has 16 heavy (non-hydrogen) atoms. The molecule has 0 aliphatic carbocycles. The van der Waals surface area contributed by atoms with Crippen LogP contribution in [0, 0.1) is 6.92 Å². The number of aryl methyl sites for hydroxylation is 1. The molecule has 0 aliphatic heterocycles. The number of aromatic hydroxyl groups is 1. The predicted octanol–water partition coefficient (Wildman–Crippen LogP) is 2.34. The quantitative estimate of drug-likeness (QED) is 0.652. The van der Waals surface area contributed by atoms with Crippen molar-refractivity contribution in [1.29, 1.82) is 0 Å². The molecule has 80 valence electrons. The van der Waals surface area contributed by atoms with Crippen LogP contribution in [0.25, 0.3) is 16.9 Å². The minimum absolute atomic E-state index is 0.268. The monoisotopic (exact) mass is 213 g/mol. The number of aromatic amines is 1. The van der Waals surface area contributed by atoms with Crippen LogP contribution in [-0.2, 0) is 0 Å². The maximum Gasteiger partial charge on any atom is 0.153 e. The third-order valence-electron chi connectivity index (χ3n) is 2.54. The third-order valence-corrected chi connectivity index (χ3v) is 2.54. The first-order valence-corrected chi connectivity index (χ1v) is 5.06. The zero-order chi connectivity index (χ0) is 11.1. The highest BCUT2D eigenvalue weighted by molar-refractivity contribution is 5.63. The fourth-order valence-corrected chi connectivity index (χ4v) is 1.77. The lowest BCUT2D eigenvalue weighted by atomic mass is 10.2. The number of benzene rings is 1. The van der Waals surface area contributed by atoms with Crippen LogP contribution in [0.15, 0.2) is 36.5 Å². The van der Waals surface area contributed by atoms with E-state index in [0.717, 1.165) is 22.6 Å². The van der Waals surface area contributed by atoms with Gasteiger partial charge >= 0.3 is 0 Å². The van der Waals surface area contributed by atoms with E-state index in [4.69, 9.17) is 0 Å². The van der Waals surface area contributed by atoms with Crippen molar-refractivity contribution in [3.8, 4) is 17.0 Å². The summed E-state index contributed by atoms with van der Waals surface area (Å²) in [5.41, 5.74) is 3.87. The van der Waals surface area contributed by atoms with Crippen LogP contribution in [0.1, 0.15) is 5.69 Å². The van der Waals surface area contributed by atoms with E-state index in [2.05, 4.69) is 10.1 Å². The molecule has 0 fully saturated rings. The molecule has 0 spiro atoms. The van der Waals surface area contributed by atoms with Crippen molar-refractivity contribution in [3.63, 3.8) is 0 Å². The summed E-state index contributed by atoms with van der Waals surface area (Å²) in [5.74, 6) is 0.268. The number of rotatable bonds is 1. The largest absolute Gasteiger partial charge is 0.508 e. The van der Waals surface area contributed by atoms with E-state index in [1.165, 1.54) is 0 Å². The Hall–Kier alpha value is -2.23. The van der Waals surface area contributed by atoms with Crippen molar-refractivity contribution in [1.82, 2.24) is 14.6 Å². The van der Waals surface area contributed by atoms with Crippen LogP contribution in [-0.4, -0.2) is 19.7 Å². The number of nitrogens with one attached hydrogen (secondary N) is 1. The summed E-state index contributed by atoms with van der Waals surface area (Å²) in [7, 11) is 0. The summed E-state index contributed by atoms with van der Waals surface area (Å²) in [4.78, 5) is 4.48. The highest BCUT2D eigenvalue weighted by Crippen LogP contribution is 2.21. The summed E-state index contributed by atoms with van der Waals surface area (Å²) in [5, 5.41) is 12.4. The van der Waals surface area contributed by atoms with Gasteiger partial charge < -0.3 is 5.11 Å². The molecule has 0 amide bonds. The standard InChI is InChI=1S/C12H11N3O/c1-8-6-12-13-11(7-15(12)14-8)9-2-4-10(16)5-3-9/h2-7,14,16H,1H3. The van der Waals surface area contributed by atoms with Crippen molar-refractivity contribution in [3.05, 3.63) is 42.2 Å². The lowest BCUT2D eigenvalue weighted by Crippen LogP contribution is -1.80. The van der Waals surface area contributed by atoms with Crippen LogP contribution in [0.2, 0.25) is 0 Å². The molecule has 2 heterocycles. The van der Waals surface area contributed by atoms with E-state index in [1.54, 1.807) is 12.1 Å². The highest BCUT2D eigenvalue weighted by atomic mass is 16.3. The lowest BCUT2D eigenvalue weighted by molar-refractivity contribution is 0.475. The minimum atomic E-state index is 0.268. The molecular formula is C12H11N3O. The number of phenolic OH excluding ortho intramolecular Hbond substituents is 1. The second-order valence-corrected chi connectivity index (χ2v) is 3.84. The van der Waals surface area contributed by atoms with Gasteiger partial charge in [0.05, 0.1) is 11.9 Å². The van der Waals surface area contributed by atoms with Crippen LogP contribution in [0.3, 0.4) is 0 Å². The molecule has 2 N–H and O–H groups in total. The van der Waals surface area contributed by atoms with E-state index in [-0.39, 0.29) is 5.75 Å². The molecule has 4 heteroatoms. The number of fused-ring (bicyclic) bond motifs is 1. The SMILES string of the molecule is Cc1cc2nc(-c3ccc(O)cc3)cn2[nH]1. The molecular weight excluding hydrogens is 202 g/mol. The molecule has 0 bridgehead atoms. The molecule has 0 unspecified atom stereocenters. The Labute approximate surface area is 92.2 Å². The van der Waals surface area contributed by atoms with E-state index in [9.17, 15) is 5.11 Å². The topological polar surface area (TPSA) is 53.3 Å². The van der Waals surface area contributed by atoms with Crippen molar-refractivity contribution >= 4 is 5.65 Å². The zero-order valence-corrected chi connectivity index (χ0v) is 8.81. The maximum atomic E-state index is 9.21. The Bertz CT molecular complexity index is 602. The normalized spacial score (nSPS) is 11.1. The molecule has 0 saturated heterocycles. The molecule has 0 atom stereocenters. The molecule has 3 aromatic rings. The fraction of sp³-hybridized carbons (Fsp3) is 0.0833. The average molecular weight is 213 g/mol. The molecule has 0 radical (unpaired) electrons. The zero-order valence-electron chi connectivity index (χ0n) is 8.81. The van der Waals surface area contributed by atoms with Gasteiger partial charge in [-0.2, -0.15) is 0 Å². The Balaban J connectivity index is 2.11. The van der Waals surface area contributed by atoms with Gasteiger partial charge in [-0.05, 0) is 31.2 Å². The van der Waals surface area contributed by atoms with Gasteiger partial charge in [-0.1, -0.05) is 0 Å². The van der Waals surface area contributed by atoms with Crippen LogP contribution < -0.4 is 0 Å². The number of phenols is 1. The van der Waals surface area contributed by atoms with Crippen molar-refractivity contribution in [2.45, 2.75) is 6.92 Å². The molecule has 1 aromatic carbocycles. The third kappa shape index (κ3) is 1.35. The first-order chi connectivity index (χ1) is 7.72. The molecule has 3 rings (SSSR count). The summed E-state index contributed by atoms with van der Waals surface area (Å²) in [6, 6.07) is 9.01. The van der Waals surface area contributed by atoms with Gasteiger partial charge in [0.15, 0.2) is 5.65 Å². The van der Waals surface area contributed by atoms with Crippen molar-refractivity contribution in [2.75, 3.05) is 0 Å². The Morgan fingerprint density at radius 3 is 2.69 bits per heavy atom. The predicted molar refractivity (Wildman–Crippen MR) is 61.4 cm³/mol. The molecule has 2 aromatic heterocycles. The second-order valence-electron chi connectivity index (χ2n) is 3.84. The average Bonchev–Trinajstić information content (AvgIpc) is 2.75. The van der Waals surface area contributed by atoms with E-state index in [1.807, 2.05) is 35.8 Å². The number of nitrogens with zero attached hydrogens (tertiary/aromatic N) is 2. The molecule has 4 nitrogen and oxygen atoms in total. The van der Waals surface area contributed by atoms with Gasteiger partial charge in [0.2, 0.25) is 0 Å². The molecule has 0 saturated carbocycles. The van der Waals surface area contributed by atoms with Crippen molar-refractivity contribution < 1.29 is 5.11 Å². The summed E-state index contributed by atoms with van der Waals surface area (Å²) in [6.07, 6.45) is 1.94. The van der Waals surface area contributed by atoms with Crippen LogP contribution in [0.5, 0.6) is 5.75 Å². The minimum Gasteiger partial charge on any atom is -0.508 e. The van der Waals surface area contributed by atoms with Gasteiger partial charge in [0.25, 0.3) is 0 Å². The number of hydrogen-bond acceptors (Lipinski definition) is 2. The van der Waals surface area contributed by atoms with Gasteiger partial charge in [-0.15, -0.1) is 0 Å². The van der Waals surface area contributed by atoms with E-state index < -0.39 is 0 Å². The van der Waals surface area contributed by atoms with E-state index in [0.29, 0.717) is 0 Å². The maximum absolute atomic E-state index is 9.21. The Kier molecular flexibility index (Phi) is 1.77. The number of H-pyrrole nitrogens is 1. The molecule has 0 aliphatic rings. The summed E-state index contributed by atoms with van der Waals surface area (Å²) in [6.45, 7) is 1.99. The lowest BCUT2D eigenvalue weighted by Gasteiger charge is -1.95. The fourth-order valence-electron chi connectivity index (χ4n) is 1.77. The Morgan fingerprint density at radius 2 is 2.00 bits per heavy atom. The Morgan fingerprint density at radius 1 is 1.25 bits per heavy atom. The highest BCUT2D eigenvalue weighted by Gasteiger charge is 2.05.